The van der Waals surface area contributed by atoms with Crippen LogP contribution in [0.3, 0.4) is 0 Å². The Labute approximate surface area is 275 Å². The number of amides is 4. The minimum Gasteiger partial charge on any atom is -0.457 e. The van der Waals surface area contributed by atoms with Crippen molar-refractivity contribution >= 4 is 56.5 Å². The minimum atomic E-state index is -0.395. The molecule has 0 unspecified atom stereocenters. The van der Waals surface area contributed by atoms with E-state index in [1.54, 1.807) is 28.1 Å². The molecule has 47 heavy (non-hydrogen) atoms. The van der Waals surface area contributed by atoms with Crippen LogP contribution in [0.5, 0.6) is 11.5 Å². The number of aromatic nitrogens is 1. The number of thiophene rings is 1. The van der Waals surface area contributed by atoms with Gasteiger partial charge in [-0.25, -0.2) is 9.78 Å². The molecule has 2 fully saturated rings. The zero-order chi connectivity index (χ0) is 32.7. The van der Waals surface area contributed by atoms with Crippen LogP contribution in [0, 0.1) is 23.7 Å². The molecule has 0 bridgehead atoms. The highest BCUT2D eigenvalue weighted by molar-refractivity contribution is 7.21. The van der Waals surface area contributed by atoms with Gasteiger partial charge in [-0.05, 0) is 61.7 Å². The van der Waals surface area contributed by atoms with Crippen molar-refractivity contribution in [2.45, 2.75) is 32.7 Å². The zero-order valence-electron chi connectivity index (χ0n) is 25.9. The van der Waals surface area contributed by atoms with Crippen LogP contribution in [0.2, 0.25) is 0 Å². The Morgan fingerprint density at radius 3 is 2.70 bits per heavy atom. The summed E-state index contributed by atoms with van der Waals surface area (Å²) in [6.07, 6.45) is 4.70. The third-order valence-electron chi connectivity index (χ3n) is 8.59. The van der Waals surface area contributed by atoms with Gasteiger partial charge in [-0.3, -0.25) is 14.5 Å². The van der Waals surface area contributed by atoms with E-state index in [1.807, 2.05) is 62.4 Å². The SMILES string of the molecule is Cc1cc(Oc2ccccc2)ccc1N1C(=O)Nc2c(C(=O)N[C@@H]3CCCN(C(=O)C(C#N)=CC4(C)COC4)C3)sc3nccc1c23. The Balaban J connectivity index is 1.11. The van der Waals surface area contributed by atoms with Gasteiger partial charge in [0.25, 0.3) is 11.8 Å². The molecule has 4 amide bonds. The Bertz CT molecular complexity index is 1980. The molecule has 238 valence electrons. The van der Waals surface area contributed by atoms with Crippen molar-refractivity contribution in [3.05, 3.63) is 82.9 Å². The highest BCUT2D eigenvalue weighted by atomic mass is 32.1. The molecule has 7 rings (SSSR count). The molecular weight excluding hydrogens is 616 g/mol. The molecule has 1 atom stereocenters. The van der Waals surface area contributed by atoms with Crippen molar-refractivity contribution in [1.82, 2.24) is 15.2 Å². The van der Waals surface area contributed by atoms with E-state index in [4.69, 9.17) is 9.47 Å². The van der Waals surface area contributed by atoms with Gasteiger partial charge in [0.05, 0.1) is 35.7 Å². The number of aryl methyl sites for hydroxylation is 1. The lowest BCUT2D eigenvalue weighted by Crippen LogP contribution is -2.50. The van der Waals surface area contributed by atoms with Gasteiger partial charge >= 0.3 is 6.03 Å². The van der Waals surface area contributed by atoms with Gasteiger partial charge in [-0.2, -0.15) is 5.26 Å². The minimum absolute atomic E-state index is 0.0937. The molecule has 2 aromatic carbocycles. The third kappa shape index (κ3) is 5.80. The van der Waals surface area contributed by atoms with Crippen LogP contribution in [0.25, 0.3) is 10.2 Å². The Morgan fingerprint density at radius 1 is 1.17 bits per heavy atom. The normalized spacial score (nSPS) is 18.6. The number of ether oxygens (including phenoxy) is 2. The summed E-state index contributed by atoms with van der Waals surface area (Å²) in [5, 5.41) is 16.4. The standard InChI is InChI=1S/C35H32N6O5S/c1-21-15-25(46-24-8-4-3-5-9-24)10-11-26(21)41-27-12-13-37-32-28(27)29(39-34(41)44)30(47-32)31(42)38-23-7-6-14-40(18-23)33(43)22(17-36)16-35(2)19-45-20-35/h3-5,8-13,15-16,23H,6-7,14,18-20H2,1-2H3,(H,38,42)(H,39,44)/t23-/m1/s1. The molecule has 3 aliphatic heterocycles. The number of anilines is 3. The van der Waals surface area contributed by atoms with Crippen molar-refractivity contribution < 1.29 is 23.9 Å². The van der Waals surface area contributed by atoms with Gasteiger partial charge in [0.2, 0.25) is 0 Å². The maximum Gasteiger partial charge on any atom is 0.331 e. The molecule has 2 saturated heterocycles. The van der Waals surface area contributed by atoms with Gasteiger partial charge in [0, 0.05) is 30.7 Å². The van der Waals surface area contributed by atoms with Crippen LogP contribution in [-0.4, -0.2) is 60.1 Å². The molecule has 0 spiro atoms. The first-order valence-electron chi connectivity index (χ1n) is 15.4. The number of hydrogen-bond donors (Lipinski definition) is 2. The van der Waals surface area contributed by atoms with E-state index in [2.05, 4.69) is 21.7 Å². The quantitative estimate of drug-likeness (QED) is 0.178. The number of nitrogens with one attached hydrogen (secondary N) is 2. The summed E-state index contributed by atoms with van der Waals surface area (Å²) >= 11 is 1.21. The molecule has 5 heterocycles. The summed E-state index contributed by atoms with van der Waals surface area (Å²) in [5.74, 6) is 0.670. The Kier molecular flexibility index (Phi) is 7.87. The second-order valence-electron chi connectivity index (χ2n) is 12.3. The molecule has 11 nitrogen and oxygen atoms in total. The maximum atomic E-state index is 13.7. The first-order chi connectivity index (χ1) is 22.7. The van der Waals surface area contributed by atoms with Crippen molar-refractivity contribution in [3.8, 4) is 17.6 Å². The highest BCUT2D eigenvalue weighted by Crippen LogP contribution is 2.46. The Hall–Kier alpha value is -5.25. The lowest BCUT2D eigenvalue weighted by Gasteiger charge is -2.36. The number of hydrogen-bond acceptors (Lipinski definition) is 8. The van der Waals surface area contributed by atoms with E-state index in [0.717, 1.165) is 5.56 Å². The summed E-state index contributed by atoms with van der Waals surface area (Å²) in [5.41, 5.74) is 2.32. The lowest BCUT2D eigenvalue weighted by molar-refractivity contribution is -0.128. The van der Waals surface area contributed by atoms with E-state index in [9.17, 15) is 19.6 Å². The van der Waals surface area contributed by atoms with E-state index < -0.39 is 6.03 Å². The van der Waals surface area contributed by atoms with Crippen molar-refractivity contribution in [2.75, 3.05) is 36.5 Å². The van der Waals surface area contributed by atoms with E-state index in [1.165, 1.54) is 11.3 Å². The topological polar surface area (TPSA) is 137 Å². The van der Waals surface area contributed by atoms with Gasteiger partial charge in [0.1, 0.15) is 32.8 Å². The fourth-order valence-electron chi connectivity index (χ4n) is 6.25. The van der Waals surface area contributed by atoms with E-state index >= 15 is 0 Å². The van der Waals surface area contributed by atoms with Crippen LogP contribution in [0.4, 0.5) is 21.9 Å². The molecule has 12 heteroatoms. The molecule has 3 aliphatic rings. The zero-order valence-corrected chi connectivity index (χ0v) is 26.7. The van der Waals surface area contributed by atoms with Crippen LogP contribution in [0.1, 0.15) is 35.0 Å². The molecule has 2 N–H and O–H groups in total. The summed E-state index contributed by atoms with van der Waals surface area (Å²) in [6, 6.07) is 18.1. The number of likely N-dealkylation sites (tertiary alicyclic amines) is 1. The monoisotopic (exact) mass is 648 g/mol. The average molecular weight is 649 g/mol. The first-order valence-corrected chi connectivity index (χ1v) is 16.2. The molecule has 0 aliphatic carbocycles. The van der Waals surface area contributed by atoms with Crippen molar-refractivity contribution in [3.63, 3.8) is 0 Å². The van der Waals surface area contributed by atoms with Gasteiger partial charge in [-0.15, -0.1) is 11.3 Å². The number of piperidine rings is 1. The smallest absolute Gasteiger partial charge is 0.331 e. The van der Waals surface area contributed by atoms with Gasteiger partial charge in [-0.1, -0.05) is 31.2 Å². The van der Waals surface area contributed by atoms with Crippen LogP contribution in [0.15, 0.2) is 72.4 Å². The summed E-state index contributed by atoms with van der Waals surface area (Å²) in [4.78, 5) is 49.3. The Morgan fingerprint density at radius 2 is 1.98 bits per heavy atom. The number of benzene rings is 2. The number of pyridine rings is 1. The summed E-state index contributed by atoms with van der Waals surface area (Å²) in [7, 11) is 0. The van der Waals surface area contributed by atoms with Crippen molar-refractivity contribution in [1.29, 1.82) is 5.26 Å². The van der Waals surface area contributed by atoms with Crippen LogP contribution < -0.4 is 20.3 Å². The predicted molar refractivity (Wildman–Crippen MR) is 178 cm³/mol. The third-order valence-corrected chi connectivity index (χ3v) is 9.69. The second-order valence-corrected chi connectivity index (χ2v) is 13.3. The highest BCUT2D eigenvalue weighted by Gasteiger charge is 2.36. The number of urea groups is 1. The molecule has 0 saturated carbocycles. The molecular formula is C35H32N6O5S. The number of para-hydroxylation sites is 1. The molecule has 2 aromatic heterocycles. The number of carbonyl (C=O) groups excluding carboxylic acids is 3. The molecule has 0 radical (unpaired) electrons. The predicted octanol–water partition coefficient (Wildman–Crippen LogP) is 6.29. The number of nitriles is 1. The fourth-order valence-corrected chi connectivity index (χ4v) is 7.27. The number of nitrogens with zero attached hydrogens (tertiary/aromatic N) is 4. The number of rotatable bonds is 7. The largest absolute Gasteiger partial charge is 0.457 e. The maximum absolute atomic E-state index is 13.7. The van der Waals surface area contributed by atoms with E-state index in [0.29, 0.717) is 76.3 Å². The lowest BCUT2D eigenvalue weighted by atomic mass is 9.86. The summed E-state index contributed by atoms with van der Waals surface area (Å²) < 4.78 is 11.2. The van der Waals surface area contributed by atoms with Crippen LogP contribution >= 0.6 is 11.3 Å². The molecule has 4 aromatic rings. The van der Waals surface area contributed by atoms with Gasteiger partial charge in [0.15, 0.2) is 0 Å². The van der Waals surface area contributed by atoms with E-state index in [-0.39, 0.29) is 35.4 Å². The average Bonchev–Trinajstić information content (AvgIpc) is 3.43. The summed E-state index contributed by atoms with van der Waals surface area (Å²) in [6.45, 7) is 5.60. The number of carbonyl (C=O) groups is 3. The second kappa shape index (κ2) is 12.2. The van der Waals surface area contributed by atoms with Crippen LogP contribution in [-0.2, 0) is 9.53 Å². The van der Waals surface area contributed by atoms with Gasteiger partial charge < -0.3 is 25.0 Å². The first kappa shape index (κ1) is 30.4. The van der Waals surface area contributed by atoms with Crippen molar-refractivity contribution in [2.24, 2.45) is 5.41 Å². The fraction of sp³-hybridized carbons (Fsp3) is 0.286.